The molecule has 242 valence electrons. The van der Waals surface area contributed by atoms with Crippen LogP contribution in [0.4, 0.5) is 0 Å². The van der Waals surface area contributed by atoms with Gasteiger partial charge in [0.2, 0.25) is 0 Å². The summed E-state index contributed by atoms with van der Waals surface area (Å²) in [6, 6.07) is 0. The van der Waals surface area contributed by atoms with Gasteiger partial charge in [-0.2, -0.15) is 0 Å². The van der Waals surface area contributed by atoms with Crippen LogP contribution >= 0.6 is 0 Å². The molecule has 0 bridgehead atoms. The molecule has 14 atom stereocenters. The van der Waals surface area contributed by atoms with Crippen molar-refractivity contribution in [2.45, 2.75) is 122 Å². The molecule has 2 aliphatic heterocycles. The van der Waals surface area contributed by atoms with Gasteiger partial charge in [0.15, 0.2) is 12.1 Å². The van der Waals surface area contributed by atoms with E-state index >= 15 is 0 Å². The average Bonchev–Trinajstić information content (AvgIpc) is 3.56. The largest absolute Gasteiger partial charge is 0.462 e. The van der Waals surface area contributed by atoms with E-state index in [9.17, 15) is 14.7 Å². The van der Waals surface area contributed by atoms with E-state index in [1.807, 2.05) is 20.8 Å². The lowest BCUT2D eigenvalue weighted by Crippen LogP contribution is -2.59. The summed E-state index contributed by atoms with van der Waals surface area (Å²) in [7, 11) is 4.94. The number of hydrogen-bond acceptors (Lipinski definition) is 9. The third-order valence-electron chi connectivity index (χ3n) is 11.1. The Kier molecular flexibility index (Phi) is 10.5. The van der Waals surface area contributed by atoms with Gasteiger partial charge in [0.25, 0.3) is 0 Å². The van der Waals surface area contributed by atoms with Crippen molar-refractivity contribution in [3.63, 3.8) is 0 Å². The van der Waals surface area contributed by atoms with Crippen molar-refractivity contribution in [2.75, 3.05) is 21.3 Å². The molecular formula is C34H52O9. The molecule has 1 N–H and O–H groups in total. The number of carbonyl (C=O) groups is 2. The van der Waals surface area contributed by atoms with Crippen LogP contribution in [-0.4, -0.2) is 87.2 Å². The van der Waals surface area contributed by atoms with E-state index in [0.717, 1.165) is 25.7 Å². The van der Waals surface area contributed by atoms with Crippen LogP contribution in [0.2, 0.25) is 0 Å². The predicted octanol–water partition coefficient (Wildman–Crippen LogP) is 4.40. The molecule has 9 heteroatoms. The van der Waals surface area contributed by atoms with Crippen LogP contribution in [0.25, 0.3) is 0 Å². The molecule has 1 saturated carbocycles. The highest BCUT2D eigenvalue weighted by atomic mass is 16.7. The third-order valence-corrected chi connectivity index (χ3v) is 11.1. The predicted molar refractivity (Wildman–Crippen MR) is 159 cm³/mol. The fourth-order valence-corrected chi connectivity index (χ4v) is 8.69. The summed E-state index contributed by atoms with van der Waals surface area (Å²) in [5.74, 6) is -0.288. The van der Waals surface area contributed by atoms with Crippen molar-refractivity contribution in [1.82, 2.24) is 0 Å². The highest BCUT2D eigenvalue weighted by Gasteiger charge is 2.53. The molecule has 0 aromatic carbocycles. The normalized spacial score (nSPS) is 45.6. The first-order chi connectivity index (χ1) is 20.6. The number of allylic oxidation sites excluding steroid dienone is 4. The van der Waals surface area contributed by atoms with Gasteiger partial charge in [0.1, 0.15) is 24.4 Å². The number of ether oxygens (including phenoxy) is 6. The Labute approximate surface area is 256 Å². The highest BCUT2D eigenvalue weighted by molar-refractivity contribution is 5.99. The molecule has 2 heterocycles. The van der Waals surface area contributed by atoms with E-state index in [-0.39, 0.29) is 72.4 Å². The zero-order valence-electron chi connectivity index (χ0n) is 26.9. The van der Waals surface area contributed by atoms with E-state index in [4.69, 9.17) is 28.4 Å². The third kappa shape index (κ3) is 6.40. The van der Waals surface area contributed by atoms with Crippen LogP contribution in [0.5, 0.6) is 0 Å². The van der Waals surface area contributed by atoms with Crippen LogP contribution in [-0.2, 0) is 38.0 Å². The van der Waals surface area contributed by atoms with Gasteiger partial charge < -0.3 is 33.5 Å². The molecule has 0 spiro atoms. The molecule has 5 aliphatic rings. The summed E-state index contributed by atoms with van der Waals surface area (Å²) in [6.45, 7) is 7.98. The first-order valence-corrected chi connectivity index (χ1v) is 16.3. The molecule has 3 aliphatic carbocycles. The smallest absolute Gasteiger partial charge is 0.306 e. The highest BCUT2D eigenvalue weighted by Crippen LogP contribution is 2.56. The van der Waals surface area contributed by atoms with E-state index < -0.39 is 24.4 Å². The van der Waals surface area contributed by atoms with E-state index in [1.165, 1.54) is 5.57 Å². The number of carbonyl (C=O) groups excluding carboxylic acids is 2. The molecule has 0 radical (unpaired) electrons. The van der Waals surface area contributed by atoms with Crippen molar-refractivity contribution < 1.29 is 43.1 Å². The number of esters is 1. The number of fused-ring (bicyclic) bond motifs is 5. The summed E-state index contributed by atoms with van der Waals surface area (Å²) < 4.78 is 36.1. The van der Waals surface area contributed by atoms with Gasteiger partial charge in [-0.1, -0.05) is 31.6 Å². The second kappa shape index (κ2) is 13.8. The fourth-order valence-electron chi connectivity index (χ4n) is 8.69. The lowest BCUT2D eigenvalue weighted by atomic mass is 9.67. The Morgan fingerprint density at radius 1 is 0.930 bits per heavy atom. The SMILES string of the molecule is CC[C@H]1CCC[C@H](O)[C@@H](C)C(=O)C2=C[C@@H]3[C@@H](C=C(C)[C@@H]4C[C@H](O[C@@H]5O[C@@H](C)[C@H](OC)[C@@H](OC)[C@H]5OC)C[C@@H]34)[C@@H]2CC(=O)O1. The Hall–Kier alpha value is -1.62. The molecule has 0 aromatic rings. The van der Waals surface area contributed by atoms with E-state index in [1.54, 1.807) is 21.3 Å². The van der Waals surface area contributed by atoms with Gasteiger partial charge in [-0.3, -0.25) is 9.59 Å². The summed E-state index contributed by atoms with van der Waals surface area (Å²) in [5.41, 5.74) is 1.98. The van der Waals surface area contributed by atoms with Gasteiger partial charge in [0.05, 0.1) is 24.7 Å². The molecule has 0 unspecified atom stereocenters. The Bertz CT molecular complexity index is 1070. The van der Waals surface area contributed by atoms with E-state index in [2.05, 4.69) is 19.1 Å². The van der Waals surface area contributed by atoms with Gasteiger partial charge in [-0.25, -0.2) is 0 Å². The Morgan fingerprint density at radius 3 is 2.33 bits per heavy atom. The first-order valence-electron chi connectivity index (χ1n) is 16.3. The topological polar surface area (TPSA) is 110 Å². The second-order valence-electron chi connectivity index (χ2n) is 13.5. The van der Waals surface area contributed by atoms with Crippen molar-refractivity contribution in [3.8, 4) is 0 Å². The second-order valence-corrected chi connectivity index (χ2v) is 13.5. The number of aliphatic hydroxyl groups excluding tert-OH is 1. The number of rotatable bonds is 6. The molecule has 0 amide bonds. The summed E-state index contributed by atoms with van der Waals surface area (Å²) in [5, 5.41) is 10.9. The maximum absolute atomic E-state index is 13.9. The van der Waals surface area contributed by atoms with Crippen LogP contribution < -0.4 is 0 Å². The first kappa shape index (κ1) is 32.8. The van der Waals surface area contributed by atoms with E-state index in [0.29, 0.717) is 24.3 Å². The minimum absolute atomic E-state index is 0.0356. The van der Waals surface area contributed by atoms with Gasteiger partial charge in [-0.15, -0.1) is 0 Å². The number of ketones is 1. The van der Waals surface area contributed by atoms with Crippen molar-refractivity contribution in [2.24, 2.45) is 35.5 Å². The zero-order valence-corrected chi connectivity index (χ0v) is 26.9. The maximum Gasteiger partial charge on any atom is 0.306 e. The lowest BCUT2D eigenvalue weighted by Gasteiger charge is -2.44. The number of cyclic esters (lactones) is 1. The fraction of sp³-hybridized carbons (Fsp3) is 0.824. The Balaban J connectivity index is 1.38. The molecule has 9 nitrogen and oxygen atoms in total. The number of methoxy groups -OCH3 is 3. The molecule has 43 heavy (non-hydrogen) atoms. The van der Waals surface area contributed by atoms with Crippen LogP contribution in [0, 0.1) is 35.5 Å². The number of Topliss-reactive ketones (excluding diaryl/α,β-unsaturated/α-hetero) is 1. The molecule has 5 rings (SSSR count). The van der Waals surface area contributed by atoms with Crippen molar-refractivity contribution in [1.29, 1.82) is 0 Å². The average molecular weight is 605 g/mol. The quantitative estimate of drug-likeness (QED) is 0.349. The van der Waals surface area contributed by atoms with Crippen LogP contribution in [0.15, 0.2) is 23.3 Å². The monoisotopic (exact) mass is 604 g/mol. The van der Waals surface area contributed by atoms with Crippen LogP contribution in [0.3, 0.4) is 0 Å². The standard InChI is InChI=1S/C34H52O9/c1-8-20-10-9-11-28(35)18(3)30(37)27-15-25-23(26(27)16-29(36)42-20)12-17(2)22-13-21(14-24(22)25)43-34-33(40-7)32(39-6)31(38-5)19(4)41-34/h12,15,18-26,28,31-35H,8-11,13-14,16H2,1-7H3/t18-,19+,20+,21+,22+,23-,24-,25-,26+,28+,31+,32-,33-,34+/m1/s1. The summed E-state index contributed by atoms with van der Waals surface area (Å²) in [4.78, 5) is 27.1. The van der Waals surface area contributed by atoms with Gasteiger partial charge >= 0.3 is 5.97 Å². The molecule has 2 saturated heterocycles. The van der Waals surface area contributed by atoms with Gasteiger partial charge in [0, 0.05) is 33.2 Å². The molecule has 0 aromatic heterocycles. The number of aliphatic hydroxyl groups is 1. The molecular weight excluding hydrogens is 552 g/mol. The maximum atomic E-state index is 13.9. The van der Waals surface area contributed by atoms with Gasteiger partial charge in [-0.05, 0) is 81.6 Å². The van der Waals surface area contributed by atoms with Crippen LogP contribution in [0.1, 0.15) is 72.6 Å². The molecule has 3 fully saturated rings. The van der Waals surface area contributed by atoms with Crippen molar-refractivity contribution >= 4 is 11.8 Å². The van der Waals surface area contributed by atoms with Crippen molar-refractivity contribution in [3.05, 3.63) is 23.3 Å². The number of hydrogen-bond donors (Lipinski definition) is 1. The zero-order chi connectivity index (χ0) is 31.0. The summed E-state index contributed by atoms with van der Waals surface area (Å²) in [6.07, 6.45) is 6.19. The minimum Gasteiger partial charge on any atom is -0.462 e. The summed E-state index contributed by atoms with van der Waals surface area (Å²) >= 11 is 0. The minimum atomic E-state index is -0.709. The lowest BCUT2D eigenvalue weighted by molar-refractivity contribution is -0.314. The Morgan fingerprint density at radius 2 is 1.65 bits per heavy atom.